The largest absolute Gasteiger partial charge is 0.359 e. The molecule has 4 fully saturated rings. The molecule has 4 saturated carbocycles. The van der Waals surface area contributed by atoms with E-state index in [1.54, 1.807) is 109 Å². The van der Waals surface area contributed by atoms with Crippen LogP contribution < -0.4 is 21.2 Å². The molecule has 0 saturated heterocycles. The van der Waals surface area contributed by atoms with Gasteiger partial charge in [-0.3, -0.25) is 0 Å². The lowest BCUT2D eigenvalue weighted by molar-refractivity contribution is -0.515. The smallest absolute Gasteiger partial charge is 0.271 e. The van der Waals surface area contributed by atoms with E-state index in [4.69, 9.17) is 0 Å². The molecule has 4 unspecified atom stereocenters. The van der Waals surface area contributed by atoms with Gasteiger partial charge in [-0.2, -0.15) is 0 Å². The summed E-state index contributed by atoms with van der Waals surface area (Å²) in [6.07, 6.45) is 55.9. The van der Waals surface area contributed by atoms with Crippen molar-refractivity contribution >= 4 is 78.2 Å². The van der Waals surface area contributed by atoms with Crippen molar-refractivity contribution in [3.8, 4) is 0 Å². The normalized spacial score (nSPS) is 20.6. The Morgan fingerprint density at radius 2 is 0.522 bits per heavy atom. The summed E-state index contributed by atoms with van der Waals surface area (Å²) in [7, 11) is -1.70. The molecule has 0 radical (unpaired) electrons. The molecule has 0 N–H and O–H groups in total. The van der Waals surface area contributed by atoms with Crippen LogP contribution in [-0.2, 0) is 0 Å². The number of nitrogens with zero attached hydrogens (tertiary/aromatic N) is 9. The summed E-state index contributed by atoms with van der Waals surface area (Å²) in [6, 6.07) is 45.8. The summed E-state index contributed by atoms with van der Waals surface area (Å²) in [6.45, 7) is 88.7. The molecule has 12 rings (SSSR count). The second kappa shape index (κ2) is 49.1. The summed E-state index contributed by atoms with van der Waals surface area (Å²) in [5.41, 5.74) is 5.26. The third-order valence-electron chi connectivity index (χ3n) is 31.0. The summed E-state index contributed by atoms with van der Waals surface area (Å²) in [5, 5.41) is 7.32. The summed E-state index contributed by atoms with van der Waals surface area (Å²) in [4.78, 5) is 19.7. The van der Waals surface area contributed by atoms with Gasteiger partial charge < -0.3 is 39.2 Å². The van der Waals surface area contributed by atoms with Gasteiger partial charge in [-0.25, -0.2) is 4.58 Å². The first-order chi connectivity index (χ1) is 62.4. The number of unbranched alkanes of at least 4 members (excludes halogenated alkanes) is 2. The molecule has 8 aliphatic rings. The molecule has 9 nitrogen and oxygen atoms in total. The van der Waals surface area contributed by atoms with Crippen LogP contribution in [0.4, 0.5) is 0 Å². The fourth-order valence-electron chi connectivity index (χ4n) is 25.4. The van der Waals surface area contributed by atoms with Crippen LogP contribution in [0.15, 0.2) is 171 Å². The molecular weight excluding hydrogens is 1740 g/mol. The van der Waals surface area contributed by atoms with Gasteiger partial charge in [-0.15, -0.1) is 0 Å². The van der Waals surface area contributed by atoms with Crippen molar-refractivity contribution in [2.45, 2.75) is 467 Å². The molecule has 0 aromatic heterocycles. The van der Waals surface area contributed by atoms with Crippen LogP contribution >= 0.6 is 52.6 Å². The standard InChI is InChI=1S/C33H64P2.C33H40P2.C23H44N4.C17H32N4.C13H28NS2/c2*1-32(2,3)34(28-19-11-7-12-20-28,29-21-13-8-14-22-29)27-35(33(4,5)6,30-23-15-9-16-24-30)31-25-17-10-18-26-31;1-9-11-13-24-15-17-26(20(24)22(3,4)5)19-27-18-16-25(14-12-10-2)21(27)23(6,7)8;1-16(2,3)14-18(7)9-11-20(14)13-21-12-10-19(8)15(21)17(4,5)6;1-9-14(10-2)11(15-12(3,4)5)16-13(6,7)8/h28-31H,7-27H2,1-6H3;7-26H,27H2,1-6H3;15-18,20-21H,9-14,19H2,1-8H3;9-12,14-15H,13H2,1-8H3;9-10H2,1-8H3/q2*+2;;;+1. The Balaban J connectivity index is 0.000000212. The van der Waals surface area contributed by atoms with Gasteiger partial charge in [-0.1, -0.05) is 250 Å². The van der Waals surface area contributed by atoms with Gasteiger partial charge in [0.05, 0.1) is 71.1 Å². The molecule has 4 aromatic rings. The van der Waals surface area contributed by atoms with E-state index in [2.05, 4.69) is 464 Å². The Hall–Kier alpha value is -3.67. The van der Waals surface area contributed by atoms with Crippen LogP contribution in [0, 0.1) is 21.7 Å². The second-order valence-electron chi connectivity index (χ2n) is 51.8. The first kappa shape index (κ1) is 116. The Labute approximate surface area is 840 Å². The lowest BCUT2D eigenvalue weighted by Gasteiger charge is -2.57. The molecule has 0 spiro atoms. The maximum absolute atomic E-state index is 2.78. The number of hydrogen-bond donors (Lipinski definition) is 0. The highest BCUT2D eigenvalue weighted by molar-refractivity contribution is 8.39. The molecule has 0 amide bonds. The third kappa shape index (κ3) is 29.3. The minimum absolute atomic E-state index is 0.0930. The topological polar surface area (TPSA) is 28.9 Å². The van der Waals surface area contributed by atoms with Crippen LogP contribution in [0.3, 0.4) is 0 Å². The van der Waals surface area contributed by atoms with E-state index in [-0.39, 0.29) is 41.5 Å². The van der Waals surface area contributed by atoms with Crippen molar-refractivity contribution in [1.29, 1.82) is 0 Å². The average molecular weight is 1950 g/mol. The lowest BCUT2D eigenvalue weighted by Crippen LogP contribution is -2.54. The van der Waals surface area contributed by atoms with Crippen molar-refractivity contribution in [2.24, 2.45) is 21.7 Å². The molecule has 4 heterocycles. The average Bonchev–Trinajstić information content (AvgIpc) is 0.776. The molecule has 4 aliphatic carbocycles. The van der Waals surface area contributed by atoms with Gasteiger partial charge in [0.15, 0.2) is 11.8 Å². The zero-order valence-corrected chi connectivity index (χ0v) is 98.8. The number of benzene rings is 4. The zero-order valence-electron chi connectivity index (χ0n) is 93.5. The van der Waals surface area contributed by atoms with E-state index >= 15 is 0 Å². The Bertz CT molecular complexity index is 3840. The van der Waals surface area contributed by atoms with Crippen LogP contribution in [0.25, 0.3) is 0 Å². The summed E-state index contributed by atoms with van der Waals surface area (Å²) in [5.74, 6) is 2.97. The highest BCUT2D eigenvalue weighted by Crippen LogP contribution is 2.92. The van der Waals surface area contributed by atoms with E-state index in [1.807, 2.05) is 23.5 Å². The van der Waals surface area contributed by atoms with Crippen molar-refractivity contribution < 1.29 is 4.58 Å². The van der Waals surface area contributed by atoms with Crippen LogP contribution in [0.5, 0.6) is 0 Å². The van der Waals surface area contributed by atoms with E-state index in [9.17, 15) is 0 Å². The monoisotopic (exact) mass is 1950 g/mol. The molecule has 4 aromatic carbocycles. The summed E-state index contributed by atoms with van der Waals surface area (Å²) < 4.78 is 4.50. The third-order valence-corrected chi connectivity index (χ3v) is 62.3. The van der Waals surface area contributed by atoms with E-state index in [0.717, 1.165) is 62.2 Å². The van der Waals surface area contributed by atoms with Gasteiger partial charge in [-0.05, 0) is 285 Å². The van der Waals surface area contributed by atoms with E-state index in [0.29, 0.717) is 35.0 Å². The van der Waals surface area contributed by atoms with Gasteiger partial charge >= 0.3 is 0 Å². The molecule has 15 heteroatoms. The van der Waals surface area contributed by atoms with Gasteiger partial charge in [0.1, 0.15) is 73.5 Å². The van der Waals surface area contributed by atoms with Crippen LogP contribution in [0.2, 0.25) is 0 Å². The molecule has 4 atom stereocenters. The fourth-order valence-corrected chi connectivity index (χ4v) is 64.8. The van der Waals surface area contributed by atoms with E-state index < -0.39 is 29.0 Å². The quantitative estimate of drug-likeness (QED) is 0.0292. The SMILES string of the molecule is CC(C)(C)[P+](C[P+](C1CCCCC1)(C1CCCCC1)C(C)(C)C)(C1CCCCC1)C1CCCCC1.CC(C)(C)[P+](C[P+](c1ccccc1)(c1ccccc1)C(C)(C)C)(c1ccccc1)c1ccccc1.CCCCN1C=CN(CN2C=CN(CCCC)C2C(C)(C)C)C1C(C)(C)C.CC[N+](CC)=C(SC(C)(C)C)SC(C)(C)C.CN1C=CN(CN2C=CN(C)C2C(C)(C)C)C1C(C)(C)C. The van der Waals surface area contributed by atoms with Crippen molar-refractivity contribution in [3.05, 3.63) is 171 Å². The molecular formula is C119H208N9P4S2+5. The maximum Gasteiger partial charge on any atom is 0.271 e. The van der Waals surface area contributed by atoms with Crippen molar-refractivity contribution in [1.82, 2.24) is 39.2 Å². The molecule has 0 bridgehead atoms. The first-order valence-electron chi connectivity index (χ1n) is 53.9. The lowest BCUT2D eigenvalue weighted by atomic mass is 9.90. The number of rotatable bonds is 24. The highest BCUT2D eigenvalue weighted by atomic mass is 32.2. The van der Waals surface area contributed by atoms with Gasteiger partial charge in [0.25, 0.3) is 4.38 Å². The molecule has 134 heavy (non-hydrogen) atoms. The minimum Gasteiger partial charge on any atom is -0.359 e. The highest BCUT2D eigenvalue weighted by Gasteiger charge is 2.72. The molecule has 4 aliphatic heterocycles. The predicted molar refractivity (Wildman–Crippen MR) is 615 cm³/mol. The Kier molecular flexibility index (Phi) is 42.3. The maximum atomic E-state index is 2.78. The first-order valence-corrected chi connectivity index (χ1v) is 63.7. The van der Waals surface area contributed by atoms with Crippen molar-refractivity contribution in [3.63, 3.8) is 0 Å². The predicted octanol–water partition coefficient (Wildman–Crippen LogP) is 32.8. The Morgan fingerprint density at radius 1 is 0.291 bits per heavy atom. The number of thioether (sulfide) groups is 2. The number of hydrogen-bond acceptors (Lipinski definition) is 10. The zero-order chi connectivity index (χ0) is 99.5. The molecule has 756 valence electrons. The Morgan fingerprint density at radius 3 is 0.731 bits per heavy atom. The van der Waals surface area contributed by atoms with Gasteiger partial charge in [0, 0.05) is 108 Å². The van der Waals surface area contributed by atoms with Crippen LogP contribution in [0.1, 0.15) is 390 Å². The summed E-state index contributed by atoms with van der Waals surface area (Å²) >= 11 is 3.98. The second-order valence-corrected chi connectivity index (χ2v) is 75.3. The minimum atomic E-state index is -1.88. The van der Waals surface area contributed by atoms with E-state index in [1.165, 1.54) is 82.9 Å². The van der Waals surface area contributed by atoms with Crippen LogP contribution in [-0.4, -0.2) is 191 Å². The van der Waals surface area contributed by atoms with Gasteiger partial charge in [0.2, 0.25) is 0 Å². The van der Waals surface area contributed by atoms with Crippen molar-refractivity contribution in [2.75, 3.05) is 65.4 Å². The fraction of sp³-hybridized carbons (Fsp3) is 0.723.